The molecule has 0 aliphatic rings. The number of ether oxygens (including phenoxy) is 4. The minimum absolute atomic E-state index is 0.0228. The van der Waals surface area contributed by atoms with Crippen LogP contribution in [0.3, 0.4) is 0 Å². The molecule has 0 spiro atoms. The largest absolute Gasteiger partial charge is 0.497 e. The Morgan fingerprint density at radius 1 is 0.781 bits per heavy atom. The van der Waals surface area contributed by atoms with Crippen LogP contribution in [0.2, 0.25) is 0 Å². The summed E-state index contributed by atoms with van der Waals surface area (Å²) in [6.45, 7) is 4.59. The summed E-state index contributed by atoms with van der Waals surface area (Å²) in [6, 6.07) is 15.1. The highest BCUT2D eigenvalue weighted by atomic mass is 32.2. The maximum atomic E-state index is 10.8. The van der Waals surface area contributed by atoms with Gasteiger partial charge in [-0.25, -0.2) is 0 Å². The molecule has 0 saturated carbocycles. The molecule has 0 radical (unpaired) electrons. The fraction of sp³-hybridized carbons (Fsp3) is 0.478. The number of benzene rings is 2. The molecule has 2 unspecified atom stereocenters. The Morgan fingerprint density at radius 3 is 1.53 bits per heavy atom. The van der Waals surface area contributed by atoms with Crippen LogP contribution in [0.15, 0.2) is 48.5 Å². The summed E-state index contributed by atoms with van der Waals surface area (Å²) in [5.41, 5.74) is 2.06. The number of methoxy groups -OCH3 is 2. The molecule has 1 N–H and O–H groups in total. The fourth-order valence-electron chi connectivity index (χ4n) is 2.24. The molecule has 0 bridgehead atoms. The van der Waals surface area contributed by atoms with Crippen molar-refractivity contribution in [2.45, 2.75) is 39.3 Å². The summed E-state index contributed by atoms with van der Waals surface area (Å²) in [5.74, 6) is 1.62. The molecular weight excluding hydrogens is 436 g/mol. The van der Waals surface area contributed by atoms with Crippen molar-refractivity contribution >= 4 is 10.1 Å². The van der Waals surface area contributed by atoms with Crippen LogP contribution in [0.25, 0.3) is 0 Å². The Kier molecular flexibility index (Phi) is 12.9. The number of hydrogen-bond donors (Lipinski definition) is 1. The molecule has 2 atom stereocenters. The third-order valence-electron chi connectivity index (χ3n) is 4.16. The Labute approximate surface area is 191 Å². The van der Waals surface area contributed by atoms with Crippen LogP contribution >= 0.6 is 0 Å². The molecule has 0 saturated heterocycles. The Bertz CT molecular complexity index is 851. The van der Waals surface area contributed by atoms with Gasteiger partial charge in [0.05, 0.1) is 59.1 Å². The normalized spacial score (nSPS) is 12.9. The van der Waals surface area contributed by atoms with Gasteiger partial charge in [-0.15, -0.1) is 0 Å². The van der Waals surface area contributed by atoms with Crippen LogP contribution in [0, 0.1) is 0 Å². The van der Waals surface area contributed by atoms with Crippen LogP contribution in [0.1, 0.15) is 25.0 Å². The molecule has 2 aromatic rings. The van der Waals surface area contributed by atoms with Crippen molar-refractivity contribution in [3.63, 3.8) is 0 Å². The second-order valence-corrected chi connectivity index (χ2v) is 8.75. The summed E-state index contributed by atoms with van der Waals surface area (Å²) >= 11 is 0. The van der Waals surface area contributed by atoms with E-state index in [-0.39, 0.29) is 25.4 Å². The van der Waals surface area contributed by atoms with Crippen LogP contribution < -0.4 is 9.47 Å². The van der Waals surface area contributed by atoms with Gasteiger partial charge in [0.1, 0.15) is 11.5 Å². The van der Waals surface area contributed by atoms with Gasteiger partial charge in [0.25, 0.3) is 10.1 Å². The molecule has 0 heterocycles. The van der Waals surface area contributed by atoms with E-state index in [1.807, 2.05) is 55.5 Å². The van der Waals surface area contributed by atoms with Crippen LogP contribution in [-0.4, -0.2) is 59.4 Å². The maximum Gasteiger partial charge on any atom is 0.264 e. The number of hydrogen-bond acceptors (Lipinski definition) is 8. The van der Waals surface area contributed by atoms with Gasteiger partial charge < -0.3 is 24.1 Å². The lowest BCUT2D eigenvalue weighted by Crippen LogP contribution is -2.18. The third-order valence-corrected chi connectivity index (χ3v) is 4.73. The highest BCUT2D eigenvalue weighted by Gasteiger charge is 2.08. The molecule has 180 valence electrons. The smallest absolute Gasteiger partial charge is 0.264 e. The predicted octanol–water partition coefficient (Wildman–Crippen LogP) is 3.17. The highest BCUT2D eigenvalue weighted by molar-refractivity contribution is 7.85. The Morgan fingerprint density at radius 2 is 1.19 bits per heavy atom. The molecule has 2 rings (SSSR count). The topological polar surface area (TPSA) is 101 Å². The first-order chi connectivity index (χ1) is 15.2. The zero-order chi connectivity index (χ0) is 24.0. The molecule has 8 nitrogen and oxygen atoms in total. The van der Waals surface area contributed by atoms with E-state index in [0.717, 1.165) is 28.9 Å². The Balaban J connectivity index is 0.000000330. The van der Waals surface area contributed by atoms with Gasteiger partial charge in [0.2, 0.25) is 0 Å². The first-order valence-corrected chi connectivity index (χ1v) is 11.9. The summed E-state index contributed by atoms with van der Waals surface area (Å²) < 4.78 is 47.1. The zero-order valence-electron chi connectivity index (χ0n) is 19.3. The van der Waals surface area contributed by atoms with E-state index >= 15 is 0 Å². The van der Waals surface area contributed by atoms with Crippen molar-refractivity contribution in [2.24, 2.45) is 0 Å². The molecule has 0 aliphatic heterocycles. The minimum Gasteiger partial charge on any atom is -0.497 e. The lowest BCUT2D eigenvalue weighted by atomic mass is 10.2. The third kappa shape index (κ3) is 12.6. The van der Waals surface area contributed by atoms with Gasteiger partial charge in [-0.1, -0.05) is 24.3 Å². The first-order valence-electron chi connectivity index (χ1n) is 10.1. The SMILES string of the molecule is COc1ccc(COC(C)CO)cc1.COc1ccc(COC(C)COS(C)(=O)=O)cc1. The highest BCUT2D eigenvalue weighted by Crippen LogP contribution is 2.13. The van der Waals surface area contributed by atoms with E-state index in [9.17, 15) is 8.42 Å². The molecule has 32 heavy (non-hydrogen) atoms. The standard InChI is InChI=1S/C12H18O5S.C11H16O3/c1-10(8-17-18(3,13)14)16-9-11-4-6-12(15-2)7-5-11;1-9(7-12)14-8-10-3-5-11(13-2)6-4-10/h4-7,10H,8-9H2,1-3H3;3-6,9,12H,7-8H2,1-2H3. The second kappa shape index (κ2) is 14.8. The molecule has 0 aromatic heterocycles. The summed E-state index contributed by atoms with van der Waals surface area (Å²) in [4.78, 5) is 0. The lowest BCUT2D eigenvalue weighted by molar-refractivity contribution is 0.0144. The summed E-state index contributed by atoms with van der Waals surface area (Å²) in [5, 5.41) is 8.75. The van der Waals surface area contributed by atoms with Crippen molar-refractivity contribution in [2.75, 3.05) is 33.7 Å². The molecular formula is C23H34O8S. The fourth-order valence-corrected chi connectivity index (χ4v) is 2.68. The lowest BCUT2D eigenvalue weighted by Gasteiger charge is -2.12. The molecule has 2 aromatic carbocycles. The van der Waals surface area contributed by atoms with E-state index in [2.05, 4.69) is 4.18 Å². The second-order valence-electron chi connectivity index (χ2n) is 7.11. The predicted molar refractivity (Wildman–Crippen MR) is 122 cm³/mol. The molecule has 0 amide bonds. The van der Waals surface area contributed by atoms with Crippen molar-refractivity contribution in [3.8, 4) is 11.5 Å². The van der Waals surface area contributed by atoms with Crippen LogP contribution in [-0.2, 0) is 37.0 Å². The quantitative estimate of drug-likeness (QED) is 0.472. The average molecular weight is 471 g/mol. The summed E-state index contributed by atoms with van der Waals surface area (Å²) in [6.07, 6.45) is 0.613. The monoisotopic (exact) mass is 470 g/mol. The number of rotatable bonds is 12. The maximum absolute atomic E-state index is 10.8. The zero-order valence-corrected chi connectivity index (χ0v) is 20.1. The van der Waals surface area contributed by atoms with E-state index in [4.69, 9.17) is 24.1 Å². The van der Waals surface area contributed by atoms with Gasteiger partial charge in [0, 0.05) is 0 Å². The Hall–Kier alpha value is -2.17. The van der Waals surface area contributed by atoms with Crippen LogP contribution in [0.5, 0.6) is 11.5 Å². The van der Waals surface area contributed by atoms with E-state index in [1.165, 1.54) is 0 Å². The summed E-state index contributed by atoms with van der Waals surface area (Å²) in [7, 11) is -0.162. The minimum atomic E-state index is -3.41. The van der Waals surface area contributed by atoms with Gasteiger partial charge >= 0.3 is 0 Å². The van der Waals surface area contributed by atoms with E-state index in [0.29, 0.717) is 13.2 Å². The molecule has 9 heteroatoms. The molecule has 0 aliphatic carbocycles. The van der Waals surface area contributed by atoms with Crippen LogP contribution in [0.4, 0.5) is 0 Å². The van der Waals surface area contributed by atoms with Crippen molar-refractivity contribution in [3.05, 3.63) is 59.7 Å². The number of aliphatic hydroxyl groups excluding tert-OH is 1. The first kappa shape index (κ1) is 27.9. The average Bonchev–Trinajstić information content (AvgIpc) is 2.80. The van der Waals surface area contributed by atoms with Crippen molar-refractivity contribution in [1.29, 1.82) is 0 Å². The van der Waals surface area contributed by atoms with Gasteiger partial charge in [-0.3, -0.25) is 4.18 Å². The van der Waals surface area contributed by atoms with Crippen molar-refractivity contribution < 1.29 is 36.7 Å². The van der Waals surface area contributed by atoms with E-state index in [1.54, 1.807) is 21.1 Å². The number of aliphatic hydroxyl groups is 1. The van der Waals surface area contributed by atoms with Gasteiger partial charge in [-0.05, 0) is 49.2 Å². The van der Waals surface area contributed by atoms with Gasteiger partial charge in [0.15, 0.2) is 0 Å². The van der Waals surface area contributed by atoms with Gasteiger partial charge in [-0.2, -0.15) is 8.42 Å². The van der Waals surface area contributed by atoms with E-state index < -0.39 is 10.1 Å². The van der Waals surface area contributed by atoms with Crippen molar-refractivity contribution in [1.82, 2.24) is 0 Å². The molecule has 0 fully saturated rings.